The van der Waals surface area contributed by atoms with Crippen LogP contribution >= 0.6 is 0 Å². The molecule has 0 heterocycles. The molecule has 0 saturated heterocycles. The summed E-state index contributed by atoms with van der Waals surface area (Å²) in [7, 11) is 0. The molecule has 0 amide bonds. The Hall–Kier alpha value is -1.85. The number of carbonyl (C=O) groups is 3. The topological polar surface area (TPSA) is 78.9 Å². The second-order valence-corrected chi connectivity index (χ2v) is 21.0. The van der Waals surface area contributed by atoms with Gasteiger partial charge in [-0.15, -0.1) is 0 Å². The molecule has 0 aliphatic rings. The number of hydrogen-bond donors (Lipinski definition) is 0. The van der Waals surface area contributed by atoms with E-state index >= 15 is 0 Å². The Balaban J connectivity index is 4.18. The molecule has 0 aromatic carbocycles. The highest BCUT2D eigenvalue weighted by Crippen LogP contribution is 2.18. The maximum atomic E-state index is 12.8. The summed E-state index contributed by atoms with van der Waals surface area (Å²) in [6.45, 7) is 6.67. The third-order valence-corrected chi connectivity index (χ3v) is 14.0. The highest BCUT2D eigenvalue weighted by Gasteiger charge is 2.19. The van der Waals surface area contributed by atoms with Gasteiger partial charge in [0.25, 0.3) is 0 Å². The molecule has 0 saturated carbocycles. The third kappa shape index (κ3) is 55.1. The first-order valence-electron chi connectivity index (χ1n) is 30.7. The van der Waals surface area contributed by atoms with Crippen molar-refractivity contribution in [2.24, 2.45) is 0 Å². The zero-order valence-corrected chi connectivity index (χ0v) is 46.2. The molecule has 0 spiro atoms. The van der Waals surface area contributed by atoms with E-state index in [1.54, 1.807) is 0 Å². The average molecular weight is 960 g/mol. The normalized spacial score (nSPS) is 12.0. The largest absolute Gasteiger partial charge is 0.462 e. The van der Waals surface area contributed by atoms with Gasteiger partial charge >= 0.3 is 17.9 Å². The van der Waals surface area contributed by atoms with Crippen LogP contribution in [0.3, 0.4) is 0 Å². The van der Waals surface area contributed by atoms with Gasteiger partial charge in [0.05, 0.1) is 0 Å². The Kier molecular flexibility index (Phi) is 56.2. The molecule has 1 atom stereocenters. The quantitative estimate of drug-likeness (QED) is 0.0262. The standard InChI is InChI=1S/C62H118O6/c1-4-7-10-13-16-19-22-25-27-28-29-30-31-32-33-34-35-36-38-40-43-46-49-52-55-61(64)67-58-59(57-66-60(63)54-51-48-45-42-39-24-21-18-15-12-9-6-3)68-62(65)56-53-50-47-44-41-37-26-23-20-17-14-11-8-5-2/h18,21,59H,4-17,19-20,22-58H2,1-3H3/b21-18-. The molecule has 6 nitrogen and oxygen atoms in total. The van der Waals surface area contributed by atoms with E-state index in [0.717, 1.165) is 64.2 Å². The minimum atomic E-state index is -0.767. The van der Waals surface area contributed by atoms with E-state index in [1.165, 1.54) is 244 Å². The number of carbonyl (C=O) groups excluding carboxylic acids is 3. The van der Waals surface area contributed by atoms with Gasteiger partial charge in [0.15, 0.2) is 6.10 Å². The summed E-state index contributed by atoms with van der Waals surface area (Å²) >= 11 is 0. The summed E-state index contributed by atoms with van der Waals surface area (Å²) in [5.74, 6) is -0.850. The van der Waals surface area contributed by atoms with Crippen LogP contribution in [0.2, 0.25) is 0 Å². The third-order valence-electron chi connectivity index (χ3n) is 14.0. The van der Waals surface area contributed by atoms with Crippen molar-refractivity contribution in [3.05, 3.63) is 12.2 Å². The lowest BCUT2D eigenvalue weighted by Gasteiger charge is -2.18. The molecule has 402 valence electrons. The molecule has 1 unspecified atom stereocenters. The highest BCUT2D eigenvalue weighted by molar-refractivity contribution is 5.71. The van der Waals surface area contributed by atoms with E-state index in [9.17, 15) is 14.4 Å². The van der Waals surface area contributed by atoms with Crippen LogP contribution in [-0.2, 0) is 28.6 Å². The lowest BCUT2D eigenvalue weighted by atomic mass is 10.0. The Morgan fingerprint density at radius 2 is 0.485 bits per heavy atom. The first-order valence-corrected chi connectivity index (χ1v) is 30.7. The van der Waals surface area contributed by atoms with Crippen LogP contribution in [0.5, 0.6) is 0 Å². The Morgan fingerprint density at radius 1 is 0.279 bits per heavy atom. The summed E-state index contributed by atoms with van der Waals surface area (Å²) in [6.07, 6.45) is 66.5. The van der Waals surface area contributed by atoms with Crippen molar-refractivity contribution in [2.45, 2.75) is 354 Å². The Morgan fingerprint density at radius 3 is 0.765 bits per heavy atom. The van der Waals surface area contributed by atoms with Gasteiger partial charge in [0, 0.05) is 19.3 Å². The second-order valence-electron chi connectivity index (χ2n) is 21.0. The van der Waals surface area contributed by atoms with Crippen LogP contribution in [0.4, 0.5) is 0 Å². The van der Waals surface area contributed by atoms with Crippen molar-refractivity contribution in [2.75, 3.05) is 13.2 Å². The van der Waals surface area contributed by atoms with E-state index in [0.29, 0.717) is 19.3 Å². The van der Waals surface area contributed by atoms with Crippen molar-refractivity contribution in [3.63, 3.8) is 0 Å². The van der Waals surface area contributed by atoms with E-state index in [2.05, 4.69) is 32.9 Å². The van der Waals surface area contributed by atoms with Gasteiger partial charge in [-0.2, -0.15) is 0 Å². The minimum Gasteiger partial charge on any atom is -0.462 e. The van der Waals surface area contributed by atoms with Crippen LogP contribution in [0.25, 0.3) is 0 Å². The summed E-state index contributed by atoms with van der Waals surface area (Å²) in [5, 5.41) is 0. The zero-order chi connectivity index (χ0) is 49.3. The van der Waals surface area contributed by atoms with E-state index in [1.807, 2.05) is 0 Å². The molecular weight excluding hydrogens is 841 g/mol. The van der Waals surface area contributed by atoms with Crippen molar-refractivity contribution in [1.82, 2.24) is 0 Å². The molecule has 0 aliphatic carbocycles. The number of unbranched alkanes of at least 4 members (excludes halogenated alkanes) is 44. The maximum absolute atomic E-state index is 12.8. The molecule has 68 heavy (non-hydrogen) atoms. The summed E-state index contributed by atoms with van der Waals surface area (Å²) in [5.41, 5.74) is 0. The molecule has 0 aromatic heterocycles. The van der Waals surface area contributed by atoms with E-state index < -0.39 is 6.10 Å². The average Bonchev–Trinajstić information content (AvgIpc) is 3.34. The van der Waals surface area contributed by atoms with Crippen LogP contribution in [0.15, 0.2) is 12.2 Å². The smallest absolute Gasteiger partial charge is 0.306 e. The van der Waals surface area contributed by atoms with Gasteiger partial charge in [-0.05, 0) is 44.9 Å². The highest BCUT2D eigenvalue weighted by atomic mass is 16.6. The first kappa shape index (κ1) is 66.2. The van der Waals surface area contributed by atoms with Crippen molar-refractivity contribution < 1.29 is 28.6 Å². The van der Waals surface area contributed by atoms with Gasteiger partial charge in [0.1, 0.15) is 13.2 Å². The van der Waals surface area contributed by atoms with Crippen molar-refractivity contribution >= 4 is 17.9 Å². The van der Waals surface area contributed by atoms with Crippen LogP contribution in [0, 0.1) is 0 Å². The van der Waals surface area contributed by atoms with Gasteiger partial charge in [-0.1, -0.05) is 296 Å². The van der Waals surface area contributed by atoms with E-state index in [4.69, 9.17) is 14.2 Å². The molecule has 0 bridgehead atoms. The lowest BCUT2D eigenvalue weighted by molar-refractivity contribution is -0.167. The molecule has 0 radical (unpaired) electrons. The Labute approximate surface area is 424 Å². The fraction of sp³-hybridized carbons (Fsp3) is 0.919. The van der Waals surface area contributed by atoms with Gasteiger partial charge in [-0.25, -0.2) is 0 Å². The predicted octanol–water partition coefficient (Wildman–Crippen LogP) is 20.5. The molecule has 0 aromatic rings. The van der Waals surface area contributed by atoms with E-state index in [-0.39, 0.29) is 31.1 Å². The lowest BCUT2D eigenvalue weighted by Crippen LogP contribution is -2.30. The molecule has 0 N–H and O–H groups in total. The summed E-state index contributed by atoms with van der Waals surface area (Å²) in [6, 6.07) is 0. The summed E-state index contributed by atoms with van der Waals surface area (Å²) in [4.78, 5) is 38.1. The fourth-order valence-corrected chi connectivity index (χ4v) is 9.38. The first-order chi connectivity index (χ1) is 33.5. The second kappa shape index (κ2) is 57.7. The maximum Gasteiger partial charge on any atom is 0.306 e. The minimum absolute atomic E-state index is 0.0664. The fourth-order valence-electron chi connectivity index (χ4n) is 9.38. The SMILES string of the molecule is CCCCC/C=C\CCCCCCCC(=O)OCC(COC(=O)CCCCCCCCCCCCCCCCCCCCCCCCCC)OC(=O)CCCCCCCCCCCCCCCC. The number of rotatable bonds is 57. The molecule has 0 aliphatic heterocycles. The zero-order valence-electron chi connectivity index (χ0n) is 46.2. The van der Waals surface area contributed by atoms with Crippen LogP contribution in [-0.4, -0.2) is 37.2 Å². The number of ether oxygens (including phenoxy) is 3. The van der Waals surface area contributed by atoms with Crippen molar-refractivity contribution in [3.8, 4) is 0 Å². The molecule has 0 rings (SSSR count). The van der Waals surface area contributed by atoms with Crippen LogP contribution < -0.4 is 0 Å². The van der Waals surface area contributed by atoms with Crippen molar-refractivity contribution in [1.29, 1.82) is 0 Å². The monoisotopic (exact) mass is 959 g/mol. The van der Waals surface area contributed by atoms with Gasteiger partial charge < -0.3 is 14.2 Å². The number of hydrogen-bond acceptors (Lipinski definition) is 6. The van der Waals surface area contributed by atoms with Gasteiger partial charge in [0.2, 0.25) is 0 Å². The predicted molar refractivity (Wildman–Crippen MR) is 293 cm³/mol. The molecular formula is C62H118O6. The van der Waals surface area contributed by atoms with Crippen LogP contribution in [0.1, 0.15) is 348 Å². The number of allylic oxidation sites excluding steroid dienone is 2. The number of esters is 3. The van der Waals surface area contributed by atoms with Gasteiger partial charge in [-0.3, -0.25) is 14.4 Å². The Bertz CT molecular complexity index is 1060. The summed E-state index contributed by atoms with van der Waals surface area (Å²) < 4.78 is 16.9. The molecule has 6 heteroatoms. The molecule has 0 fully saturated rings.